The van der Waals surface area contributed by atoms with Crippen molar-refractivity contribution >= 4 is 16.6 Å². The Hall–Kier alpha value is -2.95. The standard InChI is InChI=1S/C25H28N4O/c1-4-20-23(18-10-6-5-7-11-18)24-26-15-19-22(29(24)27-20)13-14-28(25(19)30)21-12-8-9-16(2)17(21)3/h5-7,10-11,13-17,21H,4,8-9,12H2,1-3H3/t16-,17-,21+/m0/s1. The van der Waals surface area contributed by atoms with E-state index in [-0.39, 0.29) is 11.6 Å². The normalized spacial score (nSPS) is 22.0. The molecule has 5 rings (SSSR count). The van der Waals surface area contributed by atoms with Crippen molar-refractivity contribution in [2.75, 3.05) is 0 Å². The van der Waals surface area contributed by atoms with Gasteiger partial charge in [-0.2, -0.15) is 5.10 Å². The van der Waals surface area contributed by atoms with E-state index >= 15 is 0 Å². The number of fused-ring (bicyclic) bond motifs is 3. The van der Waals surface area contributed by atoms with Gasteiger partial charge in [0.1, 0.15) is 0 Å². The van der Waals surface area contributed by atoms with Crippen molar-refractivity contribution in [1.29, 1.82) is 0 Å². The fraction of sp³-hybridized carbons (Fsp3) is 0.400. The van der Waals surface area contributed by atoms with Gasteiger partial charge in [0.15, 0.2) is 5.65 Å². The molecule has 1 aromatic carbocycles. The van der Waals surface area contributed by atoms with E-state index in [1.165, 1.54) is 12.8 Å². The summed E-state index contributed by atoms with van der Waals surface area (Å²) >= 11 is 0. The maximum Gasteiger partial charge on any atom is 0.261 e. The third-order valence-corrected chi connectivity index (χ3v) is 7.03. The van der Waals surface area contributed by atoms with E-state index in [1.807, 2.05) is 39.5 Å². The predicted octanol–water partition coefficient (Wildman–Crippen LogP) is 5.27. The van der Waals surface area contributed by atoms with Crippen LogP contribution in [-0.2, 0) is 6.42 Å². The molecule has 5 nitrogen and oxygen atoms in total. The van der Waals surface area contributed by atoms with Gasteiger partial charge in [0.2, 0.25) is 0 Å². The molecule has 0 saturated heterocycles. The fourth-order valence-corrected chi connectivity index (χ4v) is 5.08. The maximum atomic E-state index is 13.4. The van der Waals surface area contributed by atoms with Gasteiger partial charge in [-0.1, -0.05) is 63.9 Å². The van der Waals surface area contributed by atoms with Crippen LogP contribution < -0.4 is 5.56 Å². The highest BCUT2D eigenvalue weighted by Gasteiger charge is 2.29. The summed E-state index contributed by atoms with van der Waals surface area (Å²) in [5.74, 6) is 1.13. The van der Waals surface area contributed by atoms with E-state index in [2.05, 4.69) is 32.9 Å². The first-order valence-corrected chi connectivity index (χ1v) is 11.1. The molecule has 30 heavy (non-hydrogen) atoms. The van der Waals surface area contributed by atoms with E-state index in [0.29, 0.717) is 17.2 Å². The van der Waals surface area contributed by atoms with E-state index in [9.17, 15) is 4.79 Å². The van der Waals surface area contributed by atoms with Crippen molar-refractivity contribution < 1.29 is 0 Å². The van der Waals surface area contributed by atoms with Gasteiger partial charge in [0.25, 0.3) is 5.56 Å². The molecule has 3 heterocycles. The summed E-state index contributed by atoms with van der Waals surface area (Å²) in [6.07, 6.45) is 8.01. The zero-order valence-electron chi connectivity index (χ0n) is 17.9. The zero-order valence-corrected chi connectivity index (χ0v) is 17.9. The van der Waals surface area contributed by atoms with Gasteiger partial charge in [-0.05, 0) is 36.3 Å². The first-order valence-electron chi connectivity index (χ1n) is 11.1. The van der Waals surface area contributed by atoms with Gasteiger partial charge >= 0.3 is 0 Å². The average Bonchev–Trinajstić information content (AvgIpc) is 3.16. The van der Waals surface area contributed by atoms with Crippen molar-refractivity contribution in [3.8, 4) is 11.1 Å². The quantitative estimate of drug-likeness (QED) is 0.471. The molecule has 0 N–H and O–H groups in total. The van der Waals surface area contributed by atoms with Gasteiger partial charge in [-0.15, -0.1) is 0 Å². The van der Waals surface area contributed by atoms with Crippen LogP contribution in [0.1, 0.15) is 51.8 Å². The van der Waals surface area contributed by atoms with E-state index in [4.69, 9.17) is 10.1 Å². The Bertz CT molecular complexity index is 1270. The summed E-state index contributed by atoms with van der Waals surface area (Å²) in [7, 11) is 0. The van der Waals surface area contributed by atoms with Crippen molar-refractivity contribution in [3.05, 3.63) is 64.8 Å². The number of nitrogens with zero attached hydrogens (tertiary/aromatic N) is 4. The maximum absolute atomic E-state index is 13.4. The molecule has 4 aromatic rings. The largest absolute Gasteiger partial charge is 0.311 e. The fourth-order valence-electron chi connectivity index (χ4n) is 5.08. The molecule has 0 bridgehead atoms. The summed E-state index contributed by atoms with van der Waals surface area (Å²) in [5, 5.41) is 5.49. The Morgan fingerprint density at radius 2 is 1.90 bits per heavy atom. The van der Waals surface area contributed by atoms with Crippen LogP contribution in [0.25, 0.3) is 27.7 Å². The van der Waals surface area contributed by atoms with E-state index in [1.54, 1.807) is 6.20 Å². The summed E-state index contributed by atoms with van der Waals surface area (Å²) < 4.78 is 3.80. The summed E-state index contributed by atoms with van der Waals surface area (Å²) in [6, 6.07) is 12.6. The van der Waals surface area contributed by atoms with Crippen molar-refractivity contribution in [1.82, 2.24) is 19.2 Å². The molecule has 0 aliphatic heterocycles. The lowest BCUT2D eigenvalue weighted by molar-refractivity contribution is 0.183. The number of pyridine rings is 1. The Morgan fingerprint density at radius 3 is 2.67 bits per heavy atom. The number of hydrogen-bond acceptors (Lipinski definition) is 3. The first-order chi connectivity index (χ1) is 14.6. The van der Waals surface area contributed by atoms with Crippen molar-refractivity contribution in [2.24, 2.45) is 11.8 Å². The van der Waals surface area contributed by atoms with Gasteiger partial charge in [0.05, 0.1) is 16.6 Å². The summed E-state index contributed by atoms with van der Waals surface area (Å²) in [5.41, 5.74) is 4.84. The topological polar surface area (TPSA) is 52.2 Å². The Balaban J connectivity index is 1.71. The second-order valence-electron chi connectivity index (χ2n) is 8.70. The van der Waals surface area contributed by atoms with Gasteiger partial charge in [0, 0.05) is 24.0 Å². The van der Waals surface area contributed by atoms with Crippen LogP contribution in [0.2, 0.25) is 0 Å². The molecule has 1 saturated carbocycles. The highest BCUT2D eigenvalue weighted by molar-refractivity contribution is 5.86. The van der Waals surface area contributed by atoms with Crippen LogP contribution in [0.3, 0.4) is 0 Å². The third-order valence-electron chi connectivity index (χ3n) is 7.03. The minimum atomic E-state index is 0.0441. The smallest absolute Gasteiger partial charge is 0.261 e. The number of aryl methyl sites for hydroxylation is 1. The van der Waals surface area contributed by atoms with Gasteiger partial charge in [-0.3, -0.25) is 4.79 Å². The predicted molar refractivity (Wildman–Crippen MR) is 121 cm³/mol. The number of benzene rings is 1. The lowest BCUT2D eigenvalue weighted by atomic mass is 9.78. The molecule has 1 fully saturated rings. The molecule has 1 aliphatic rings. The van der Waals surface area contributed by atoms with Gasteiger partial charge < -0.3 is 4.57 Å². The van der Waals surface area contributed by atoms with Crippen LogP contribution >= 0.6 is 0 Å². The number of aromatic nitrogens is 4. The summed E-state index contributed by atoms with van der Waals surface area (Å²) in [6.45, 7) is 6.68. The molecular weight excluding hydrogens is 372 g/mol. The second-order valence-corrected chi connectivity index (χ2v) is 8.70. The van der Waals surface area contributed by atoms with E-state index in [0.717, 1.165) is 40.8 Å². The molecule has 3 aromatic heterocycles. The van der Waals surface area contributed by atoms with Crippen LogP contribution in [0.5, 0.6) is 0 Å². The highest BCUT2D eigenvalue weighted by Crippen LogP contribution is 2.37. The van der Waals surface area contributed by atoms with Crippen molar-refractivity contribution in [2.45, 2.75) is 52.5 Å². The minimum Gasteiger partial charge on any atom is -0.311 e. The Morgan fingerprint density at radius 1 is 1.10 bits per heavy atom. The molecule has 5 heteroatoms. The molecule has 1 aliphatic carbocycles. The lowest BCUT2D eigenvalue weighted by Crippen LogP contribution is -2.33. The second kappa shape index (κ2) is 7.38. The third kappa shape index (κ3) is 2.87. The monoisotopic (exact) mass is 400 g/mol. The van der Waals surface area contributed by atoms with Crippen LogP contribution in [-0.4, -0.2) is 19.2 Å². The summed E-state index contributed by atoms with van der Waals surface area (Å²) in [4.78, 5) is 18.2. The first kappa shape index (κ1) is 19.0. The van der Waals surface area contributed by atoms with Crippen LogP contribution in [0.15, 0.2) is 53.6 Å². The number of rotatable bonds is 3. The molecular formula is C25H28N4O. The molecule has 154 valence electrons. The average molecular weight is 401 g/mol. The van der Waals surface area contributed by atoms with Crippen molar-refractivity contribution in [3.63, 3.8) is 0 Å². The molecule has 0 unspecified atom stereocenters. The van der Waals surface area contributed by atoms with E-state index < -0.39 is 0 Å². The SMILES string of the molecule is CCc1nn2c(ncc3c(=O)n([C@@H]4CCC[C@H](C)[C@@H]4C)ccc32)c1-c1ccccc1. The van der Waals surface area contributed by atoms with Gasteiger partial charge in [-0.25, -0.2) is 9.50 Å². The zero-order chi connectivity index (χ0) is 20.8. The van der Waals surface area contributed by atoms with Crippen LogP contribution in [0, 0.1) is 11.8 Å². The molecule has 3 atom stereocenters. The minimum absolute atomic E-state index is 0.0441. The lowest BCUT2D eigenvalue weighted by Gasteiger charge is -2.35. The Kier molecular flexibility index (Phi) is 4.69. The number of hydrogen-bond donors (Lipinski definition) is 0. The molecule has 0 radical (unpaired) electrons. The molecule has 0 amide bonds. The molecule has 0 spiro atoms. The highest BCUT2D eigenvalue weighted by atomic mass is 16.1. The van der Waals surface area contributed by atoms with Crippen LogP contribution in [0.4, 0.5) is 0 Å². The Labute approximate surface area is 176 Å².